The van der Waals surface area contributed by atoms with Gasteiger partial charge in [0.15, 0.2) is 0 Å². The molecule has 0 radical (unpaired) electrons. The number of nitrogens with zero attached hydrogens (tertiary/aromatic N) is 2. The molecule has 7 heteroatoms. The van der Waals surface area contributed by atoms with E-state index in [1.807, 2.05) is 0 Å². The standard InChI is InChI=1S/C12H19ClN2O2S2/c1-14-5-3-10(4-6-14)15(2)19(16,17)12-7-11(8-13)18-9-12/h7,9-10H,3-6,8H2,1-2H3. The fourth-order valence-electron chi connectivity index (χ4n) is 2.29. The van der Waals surface area contributed by atoms with Gasteiger partial charge in [-0.1, -0.05) is 0 Å². The number of hydrogen-bond acceptors (Lipinski definition) is 4. The first-order valence-electron chi connectivity index (χ1n) is 6.25. The van der Waals surface area contributed by atoms with Crippen molar-refractivity contribution in [3.8, 4) is 0 Å². The van der Waals surface area contributed by atoms with Crippen LogP contribution in [-0.4, -0.2) is 50.8 Å². The van der Waals surface area contributed by atoms with E-state index in [2.05, 4.69) is 11.9 Å². The van der Waals surface area contributed by atoms with E-state index < -0.39 is 10.0 Å². The van der Waals surface area contributed by atoms with Gasteiger partial charge in [0.2, 0.25) is 10.0 Å². The largest absolute Gasteiger partial charge is 0.306 e. The molecule has 0 unspecified atom stereocenters. The van der Waals surface area contributed by atoms with Crippen LogP contribution in [0.2, 0.25) is 0 Å². The molecular formula is C12H19ClN2O2S2. The molecule has 1 aromatic rings. The van der Waals surface area contributed by atoms with Crippen molar-refractivity contribution in [1.29, 1.82) is 0 Å². The molecule has 0 saturated carbocycles. The van der Waals surface area contributed by atoms with Crippen LogP contribution in [0.4, 0.5) is 0 Å². The molecule has 1 fully saturated rings. The molecule has 0 amide bonds. The second kappa shape index (κ2) is 6.10. The normalized spacial score (nSPS) is 19.2. The molecule has 1 saturated heterocycles. The van der Waals surface area contributed by atoms with Crippen LogP contribution in [0, 0.1) is 0 Å². The Morgan fingerprint density at radius 2 is 2.11 bits per heavy atom. The molecule has 0 N–H and O–H groups in total. The van der Waals surface area contributed by atoms with Crippen LogP contribution in [0.3, 0.4) is 0 Å². The summed E-state index contributed by atoms with van der Waals surface area (Å²) in [5.74, 6) is 0.359. The van der Waals surface area contributed by atoms with Gasteiger partial charge in [-0.25, -0.2) is 8.42 Å². The predicted octanol–water partition coefficient (Wildman–Crippen LogP) is 2.20. The summed E-state index contributed by atoms with van der Waals surface area (Å²) in [6.45, 7) is 1.89. The molecule has 1 aliphatic rings. The molecule has 4 nitrogen and oxygen atoms in total. The Morgan fingerprint density at radius 3 is 2.63 bits per heavy atom. The SMILES string of the molecule is CN1CCC(N(C)S(=O)(=O)c2csc(CCl)c2)CC1. The third-order valence-corrected chi connectivity index (χ3v) is 7.06. The zero-order valence-corrected chi connectivity index (χ0v) is 13.6. The third-order valence-electron chi connectivity index (χ3n) is 3.64. The van der Waals surface area contributed by atoms with Crippen molar-refractivity contribution >= 4 is 33.0 Å². The number of rotatable bonds is 4. The summed E-state index contributed by atoms with van der Waals surface area (Å²) in [6.07, 6.45) is 1.78. The molecule has 1 aliphatic heterocycles. The van der Waals surface area contributed by atoms with Gasteiger partial charge in [0.1, 0.15) is 0 Å². The molecule has 2 heterocycles. The summed E-state index contributed by atoms with van der Waals surface area (Å²) in [5, 5.41) is 1.68. The van der Waals surface area contributed by atoms with Crippen molar-refractivity contribution in [2.24, 2.45) is 0 Å². The molecule has 19 heavy (non-hydrogen) atoms. The third kappa shape index (κ3) is 3.31. The van der Waals surface area contributed by atoms with Crippen molar-refractivity contribution in [3.05, 3.63) is 16.3 Å². The van der Waals surface area contributed by atoms with Crippen LogP contribution in [0.1, 0.15) is 17.7 Å². The molecular weight excluding hydrogens is 304 g/mol. The van der Waals surface area contributed by atoms with Gasteiger partial charge in [-0.3, -0.25) is 0 Å². The highest BCUT2D eigenvalue weighted by molar-refractivity contribution is 7.89. The van der Waals surface area contributed by atoms with E-state index in [0.717, 1.165) is 30.8 Å². The van der Waals surface area contributed by atoms with Gasteiger partial charge in [0.25, 0.3) is 0 Å². The van der Waals surface area contributed by atoms with Gasteiger partial charge in [-0.15, -0.1) is 22.9 Å². The van der Waals surface area contributed by atoms with E-state index >= 15 is 0 Å². The lowest BCUT2D eigenvalue weighted by Gasteiger charge is -2.34. The molecule has 0 atom stereocenters. The van der Waals surface area contributed by atoms with Crippen LogP contribution in [0.15, 0.2) is 16.3 Å². The van der Waals surface area contributed by atoms with Gasteiger partial charge in [0.05, 0.1) is 10.8 Å². The van der Waals surface area contributed by atoms with E-state index in [1.165, 1.54) is 15.6 Å². The molecule has 0 bridgehead atoms. The summed E-state index contributed by atoms with van der Waals surface area (Å²) in [6, 6.07) is 1.78. The smallest absolute Gasteiger partial charge is 0.243 e. The number of alkyl halides is 1. The number of thiophene rings is 1. The Bertz CT molecular complexity index is 522. The van der Waals surface area contributed by atoms with Crippen molar-refractivity contribution in [2.75, 3.05) is 27.2 Å². The summed E-state index contributed by atoms with van der Waals surface area (Å²) < 4.78 is 26.6. The summed E-state index contributed by atoms with van der Waals surface area (Å²) in [5.41, 5.74) is 0. The highest BCUT2D eigenvalue weighted by atomic mass is 35.5. The predicted molar refractivity (Wildman–Crippen MR) is 79.3 cm³/mol. The lowest BCUT2D eigenvalue weighted by atomic mass is 10.1. The first kappa shape index (κ1) is 15.3. The highest BCUT2D eigenvalue weighted by Crippen LogP contribution is 2.26. The number of piperidine rings is 1. The second-order valence-electron chi connectivity index (χ2n) is 4.94. The quantitative estimate of drug-likeness (QED) is 0.798. The van der Waals surface area contributed by atoms with Crippen LogP contribution in [0.25, 0.3) is 0 Å². The maximum Gasteiger partial charge on any atom is 0.243 e. The molecule has 0 spiro atoms. The zero-order chi connectivity index (χ0) is 14.0. The first-order chi connectivity index (χ1) is 8.95. The van der Waals surface area contributed by atoms with Gasteiger partial charge >= 0.3 is 0 Å². The Hall–Kier alpha value is -0.140. The number of likely N-dealkylation sites (tertiary alicyclic amines) is 1. The maximum absolute atomic E-state index is 12.5. The zero-order valence-electron chi connectivity index (χ0n) is 11.2. The van der Waals surface area contributed by atoms with Gasteiger partial charge in [0, 0.05) is 23.3 Å². The summed E-state index contributed by atoms with van der Waals surface area (Å²) >= 11 is 7.13. The Morgan fingerprint density at radius 1 is 1.47 bits per heavy atom. The van der Waals surface area contributed by atoms with Gasteiger partial charge < -0.3 is 4.90 Å². The monoisotopic (exact) mass is 322 g/mol. The van der Waals surface area contributed by atoms with Crippen molar-refractivity contribution in [2.45, 2.75) is 29.7 Å². The average molecular weight is 323 g/mol. The van der Waals surface area contributed by atoms with Crippen LogP contribution in [-0.2, 0) is 15.9 Å². The second-order valence-corrected chi connectivity index (χ2v) is 8.20. The minimum atomic E-state index is -3.38. The minimum Gasteiger partial charge on any atom is -0.306 e. The summed E-state index contributed by atoms with van der Waals surface area (Å²) in [4.78, 5) is 3.49. The van der Waals surface area contributed by atoms with Gasteiger partial charge in [-0.2, -0.15) is 4.31 Å². The number of sulfonamides is 1. The average Bonchev–Trinajstić information content (AvgIpc) is 2.88. The van der Waals surface area contributed by atoms with E-state index in [0.29, 0.717) is 10.8 Å². The fourth-order valence-corrected chi connectivity index (χ4v) is 5.08. The van der Waals surface area contributed by atoms with E-state index in [9.17, 15) is 8.42 Å². The number of halogens is 1. The fraction of sp³-hybridized carbons (Fsp3) is 0.667. The molecule has 1 aromatic heterocycles. The molecule has 0 aliphatic carbocycles. The Kier molecular flexibility index (Phi) is 4.89. The van der Waals surface area contributed by atoms with Crippen LogP contribution >= 0.6 is 22.9 Å². The van der Waals surface area contributed by atoms with Crippen molar-refractivity contribution in [3.63, 3.8) is 0 Å². The topological polar surface area (TPSA) is 40.6 Å². The lowest BCUT2D eigenvalue weighted by molar-refractivity contribution is 0.197. The molecule has 0 aromatic carbocycles. The molecule has 2 rings (SSSR count). The lowest BCUT2D eigenvalue weighted by Crippen LogP contribution is -2.44. The summed E-state index contributed by atoms with van der Waals surface area (Å²) in [7, 11) is 0.371. The number of hydrogen-bond donors (Lipinski definition) is 0. The Balaban J connectivity index is 2.14. The van der Waals surface area contributed by atoms with E-state index in [1.54, 1.807) is 18.5 Å². The van der Waals surface area contributed by atoms with Gasteiger partial charge in [-0.05, 0) is 39.0 Å². The maximum atomic E-state index is 12.5. The van der Waals surface area contributed by atoms with E-state index in [-0.39, 0.29) is 6.04 Å². The highest BCUT2D eigenvalue weighted by Gasteiger charge is 2.30. The van der Waals surface area contributed by atoms with Crippen LogP contribution in [0.5, 0.6) is 0 Å². The minimum absolute atomic E-state index is 0.0977. The Labute approximate surface area is 124 Å². The molecule has 108 valence electrons. The first-order valence-corrected chi connectivity index (χ1v) is 9.10. The van der Waals surface area contributed by atoms with Crippen molar-refractivity contribution < 1.29 is 8.42 Å². The van der Waals surface area contributed by atoms with E-state index in [4.69, 9.17) is 11.6 Å². The van der Waals surface area contributed by atoms with Crippen LogP contribution < -0.4 is 0 Å². The van der Waals surface area contributed by atoms with Crippen molar-refractivity contribution in [1.82, 2.24) is 9.21 Å².